The zero-order chi connectivity index (χ0) is 12.7. The summed E-state index contributed by atoms with van der Waals surface area (Å²) in [6, 6.07) is 4.18. The van der Waals surface area contributed by atoms with Crippen molar-refractivity contribution in [3.8, 4) is 5.75 Å². The van der Waals surface area contributed by atoms with Crippen LogP contribution >= 0.6 is 15.9 Å². The minimum absolute atomic E-state index is 0.404. The Morgan fingerprint density at radius 2 is 2.44 bits per heavy atom. The molecule has 0 bridgehead atoms. The number of ether oxygens (including phenoxy) is 1. The van der Waals surface area contributed by atoms with Gasteiger partial charge in [-0.3, -0.25) is 4.90 Å². The molecule has 2 unspecified atom stereocenters. The highest BCUT2D eigenvalue weighted by Gasteiger charge is 2.41. The van der Waals surface area contributed by atoms with E-state index < -0.39 is 0 Å². The lowest BCUT2D eigenvalue weighted by atomic mass is 9.98. The van der Waals surface area contributed by atoms with Gasteiger partial charge in [-0.25, -0.2) is 0 Å². The standard InChI is InChI=1S/C14H17BrN2O/c1-3-5-17-6-4-10-11-7-9(18-2)8-12(15)13(11)16-14(10)17/h3,7-8,10,14,16H,1,4-6H2,2H3. The number of rotatable bonds is 3. The molecule has 1 aromatic carbocycles. The second-order valence-corrected chi connectivity index (χ2v) is 5.70. The first-order valence-corrected chi connectivity index (χ1v) is 7.03. The van der Waals surface area contributed by atoms with Crippen molar-refractivity contribution in [3.05, 3.63) is 34.8 Å². The molecule has 1 saturated heterocycles. The lowest BCUT2D eigenvalue weighted by Crippen LogP contribution is -2.35. The van der Waals surface area contributed by atoms with Crippen molar-refractivity contribution in [1.82, 2.24) is 4.90 Å². The van der Waals surface area contributed by atoms with Crippen LogP contribution in [0.2, 0.25) is 0 Å². The Bertz CT molecular complexity index is 489. The Kier molecular flexibility index (Phi) is 3.08. The number of benzene rings is 1. The van der Waals surface area contributed by atoms with Crippen molar-refractivity contribution < 1.29 is 4.74 Å². The summed E-state index contributed by atoms with van der Waals surface area (Å²) in [7, 11) is 1.71. The van der Waals surface area contributed by atoms with Crippen LogP contribution in [-0.2, 0) is 0 Å². The fourth-order valence-electron chi connectivity index (χ4n) is 3.06. The van der Waals surface area contributed by atoms with Crippen molar-refractivity contribution in [3.63, 3.8) is 0 Å². The molecule has 2 aliphatic heterocycles. The second-order valence-electron chi connectivity index (χ2n) is 4.84. The average Bonchev–Trinajstić information content (AvgIpc) is 2.91. The molecule has 0 spiro atoms. The Balaban J connectivity index is 1.96. The highest BCUT2D eigenvalue weighted by Crippen LogP contribution is 2.47. The number of anilines is 1. The molecule has 0 saturated carbocycles. The smallest absolute Gasteiger partial charge is 0.120 e. The van der Waals surface area contributed by atoms with E-state index in [-0.39, 0.29) is 0 Å². The summed E-state index contributed by atoms with van der Waals surface area (Å²) in [4.78, 5) is 2.44. The number of likely N-dealkylation sites (tertiary alicyclic amines) is 1. The van der Waals surface area contributed by atoms with E-state index in [0.717, 1.165) is 23.3 Å². The van der Waals surface area contributed by atoms with Gasteiger partial charge in [-0.1, -0.05) is 6.08 Å². The normalized spacial score (nSPS) is 25.4. The molecular weight excluding hydrogens is 292 g/mol. The zero-order valence-corrected chi connectivity index (χ0v) is 12.0. The van der Waals surface area contributed by atoms with E-state index in [4.69, 9.17) is 4.74 Å². The summed E-state index contributed by atoms with van der Waals surface area (Å²) < 4.78 is 6.44. The maximum absolute atomic E-state index is 5.36. The summed E-state index contributed by atoms with van der Waals surface area (Å²) in [6.45, 7) is 5.90. The van der Waals surface area contributed by atoms with Gasteiger partial charge in [0.25, 0.3) is 0 Å². The van der Waals surface area contributed by atoms with Crippen LogP contribution in [0.5, 0.6) is 5.75 Å². The number of methoxy groups -OCH3 is 1. The van der Waals surface area contributed by atoms with E-state index in [0.29, 0.717) is 12.1 Å². The van der Waals surface area contributed by atoms with Crippen molar-refractivity contribution in [2.45, 2.75) is 18.5 Å². The molecule has 2 atom stereocenters. The Labute approximate surface area is 116 Å². The van der Waals surface area contributed by atoms with E-state index in [1.54, 1.807) is 7.11 Å². The summed E-state index contributed by atoms with van der Waals surface area (Å²) in [6.07, 6.45) is 3.57. The molecule has 0 aromatic heterocycles. The third-order valence-corrected chi connectivity index (χ3v) is 4.51. The lowest BCUT2D eigenvalue weighted by Gasteiger charge is -2.22. The highest BCUT2D eigenvalue weighted by atomic mass is 79.9. The Morgan fingerprint density at radius 3 is 3.17 bits per heavy atom. The molecule has 2 heterocycles. The van der Waals surface area contributed by atoms with Crippen LogP contribution in [0.25, 0.3) is 0 Å². The van der Waals surface area contributed by atoms with Gasteiger partial charge >= 0.3 is 0 Å². The molecule has 2 aliphatic rings. The number of nitrogens with zero attached hydrogens (tertiary/aromatic N) is 1. The summed E-state index contributed by atoms with van der Waals surface area (Å²) in [5, 5.41) is 3.63. The van der Waals surface area contributed by atoms with Crippen molar-refractivity contribution in [1.29, 1.82) is 0 Å². The average molecular weight is 309 g/mol. The monoisotopic (exact) mass is 308 g/mol. The molecule has 1 fully saturated rings. The molecule has 3 nitrogen and oxygen atoms in total. The molecule has 4 heteroatoms. The second kappa shape index (κ2) is 4.59. The minimum atomic E-state index is 0.404. The molecule has 0 amide bonds. The van der Waals surface area contributed by atoms with Gasteiger partial charge in [-0.05, 0) is 40.0 Å². The van der Waals surface area contributed by atoms with Gasteiger partial charge < -0.3 is 10.1 Å². The van der Waals surface area contributed by atoms with Crippen molar-refractivity contribution >= 4 is 21.6 Å². The summed E-state index contributed by atoms with van der Waals surface area (Å²) >= 11 is 3.62. The third kappa shape index (κ3) is 1.75. The molecule has 1 aromatic rings. The SMILES string of the molecule is C=CCN1CCC2c3cc(OC)cc(Br)c3NC21. The van der Waals surface area contributed by atoms with Crippen LogP contribution in [-0.4, -0.2) is 31.3 Å². The number of nitrogens with one attached hydrogen (secondary N) is 1. The van der Waals surface area contributed by atoms with Gasteiger partial charge in [-0.15, -0.1) is 6.58 Å². The van der Waals surface area contributed by atoms with Crippen LogP contribution in [0.3, 0.4) is 0 Å². The van der Waals surface area contributed by atoms with Gasteiger partial charge in [0, 0.05) is 23.5 Å². The van der Waals surface area contributed by atoms with Gasteiger partial charge in [-0.2, -0.15) is 0 Å². The predicted molar refractivity (Wildman–Crippen MR) is 77.2 cm³/mol. The van der Waals surface area contributed by atoms with Crippen molar-refractivity contribution in [2.75, 3.05) is 25.5 Å². The fourth-order valence-corrected chi connectivity index (χ4v) is 3.63. The third-order valence-electron chi connectivity index (χ3n) is 3.89. The summed E-state index contributed by atoms with van der Waals surface area (Å²) in [5.74, 6) is 1.48. The highest BCUT2D eigenvalue weighted by molar-refractivity contribution is 9.10. The number of hydrogen-bond acceptors (Lipinski definition) is 3. The number of fused-ring (bicyclic) bond motifs is 3. The van der Waals surface area contributed by atoms with Crippen LogP contribution in [0.4, 0.5) is 5.69 Å². The van der Waals surface area contributed by atoms with E-state index in [9.17, 15) is 0 Å². The molecule has 1 N–H and O–H groups in total. The van der Waals surface area contributed by atoms with E-state index in [2.05, 4.69) is 38.8 Å². The molecule has 0 radical (unpaired) electrons. The summed E-state index contributed by atoms with van der Waals surface area (Å²) in [5.41, 5.74) is 2.59. The van der Waals surface area contributed by atoms with Gasteiger partial charge in [0.1, 0.15) is 5.75 Å². The fraction of sp³-hybridized carbons (Fsp3) is 0.429. The molecular formula is C14H17BrN2O. The molecule has 3 rings (SSSR count). The van der Waals surface area contributed by atoms with Crippen molar-refractivity contribution in [2.24, 2.45) is 0 Å². The minimum Gasteiger partial charge on any atom is -0.497 e. The molecule has 0 aliphatic carbocycles. The quantitative estimate of drug-likeness (QED) is 0.868. The van der Waals surface area contributed by atoms with E-state index in [1.807, 2.05) is 12.1 Å². The predicted octanol–water partition coefficient (Wildman–Crippen LogP) is 3.18. The van der Waals surface area contributed by atoms with Crippen LogP contribution in [0.1, 0.15) is 17.9 Å². The Morgan fingerprint density at radius 1 is 1.61 bits per heavy atom. The maximum Gasteiger partial charge on any atom is 0.120 e. The van der Waals surface area contributed by atoms with E-state index in [1.165, 1.54) is 17.7 Å². The Hall–Kier alpha value is -1.00. The largest absolute Gasteiger partial charge is 0.497 e. The van der Waals surface area contributed by atoms with E-state index >= 15 is 0 Å². The first kappa shape index (κ1) is 12.1. The van der Waals surface area contributed by atoms with Crippen LogP contribution < -0.4 is 10.1 Å². The molecule has 18 heavy (non-hydrogen) atoms. The maximum atomic E-state index is 5.36. The van der Waals surface area contributed by atoms with Gasteiger partial charge in [0.15, 0.2) is 0 Å². The first-order valence-electron chi connectivity index (χ1n) is 6.23. The lowest BCUT2D eigenvalue weighted by molar-refractivity contribution is 0.302. The van der Waals surface area contributed by atoms with Crippen LogP contribution in [0.15, 0.2) is 29.3 Å². The zero-order valence-electron chi connectivity index (χ0n) is 10.4. The van der Waals surface area contributed by atoms with Gasteiger partial charge in [0.2, 0.25) is 0 Å². The number of halogens is 1. The number of hydrogen-bond donors (Lipinski definition) is 1. The van der Waals surface area contributed by atoms with Gasteiger partial charge in [0.05, 0.1) is 19.0 Å². The van der Waals surface area contributed by atoms with Crippen LogP contribution in [0, 0.1) is 0 Å². The molecule has 96 valence electrons. The topological polar surface area (TPSA) is 24.5 Å². The first-order chi connectivity index (χ1) is 8.74.